The van der Waals surface area contributed by atoms with E-state index in [2.05, 4.69) is 17.4 Å². The van der Waals surface area contributed by atoms with Gasteiger partial charge in [-0.2, -0.15) is 11.8 Å². The van der Waals surface area contributed by atoms with Crippen molar-refractivity contribution < 1.29 is 4.79 Å². The van der Waals surface area contributed by atoms with E-state index in [-0.39, 0.29) is 5.91 Å². The summed E-state index contributed by atoms with van der Waals surface area (Å²) < 4.78 is 0. The first-order chi connectivity index (χ1) is 9.06. The molecule has 0 aliphatic rings. The van der Waals surface area contributed by atoms with Crippen LogP contribution in [0.15, 0.2) is 30.3 Å². The van der Waals surface area contributed by atoms with Crippen LogP contribution in [0, 0.1) is 0 Å². The minimum atomic E-state index is -0.754. The molecule has 3 N–H and O–H groups in total. The Morgan fingerprint density at radius 2 is 2.05 bits per heavy atom. The third kappa shape index (κ3) is 6.12. The number of rotatable bonds is 8. The minimum Gasteiger partial charge on any atom is -0.355 e. The SMILES string of the molecule is CSCC[C@@](C)(N)C(=O)NCCCc1ccccc1. The van der Waals surface area contributed by atoms with Gasteiger partial charge in [-0.25, -0.2) is 0 Å². The van der Waals surface area contributed by atoms with Crippen molar-refractivity contribution in [3.05, 3.63) is 35.9 Å². The van der Waals surface area contributed by atoms with E-state index in [0.29, 0.717) is 13.0 Å². The van der Waals surface area contributed by atoms with Crippen LogP contribution >= 0.6 is 11.8 Å². The molecular formula is C15H24N2OS. The molecule has 106 valence electrons. The predicted molar refractivity (Wildman–Crippen MR) is 83.4 cm³/mol. The number of nitrogens with one attached hydrogen (secondary N) is 1. The third-order valence-electron chi connectivity index (χ3n) is 3.11. The zero-order valence-electron chi connectivity index (χ0n) is 11.8. The molecule has 1 aromatic rings. The van der Waals surface area contributed by atoms with Gasteiger partial charge in [-0.15, -0.1) is 0 Å². The number of aryl methyl sites for hydroxylation is 1. The average Bonchev–Trinajstić information content (AvgIpc) is 2.42. The van der Waals surface area contributed by atoms with Gasteiger partial charge in [0.1, 0.15) is 0 Å². The monoisotopic (exact) mass is 280 g/mol. The zero-order chi connectivity index (χ0) is 14.1. The molecule has 19 heavy (non-hydrogen) atoms. The van der Waals surface area contributed by atoms with Crippen LogP contribution in [0.2, 0.25) is 0 Å². The second kappa shape index (κ2) is 8.23. The fraction of sp³-hybridized carbons (Fsp3) is 0.533. The number of carbonyl (C=O) groups is 1. The van der Waals surface area contributed by atoms with Gasteiger partial charge in [0.15, 0.2) is 0 Å². The van der Waals surface area contributed by atoms with E-state index in [1.165, 1.54) is 5.56 Å². The molecular weight excluding hydrogens is 256 g/mol. The Kier molecular flexibility index (Phi) is 6.95. The lowest BCUT2D eigenvalue weighted by molar-refractivity contribution is -0.125. The highest BCUT2D eigenvalue weighted by Gasteiger charge is 2.26. The van der Waals surface area contributed by atoms with E-state index >= 15 is 0 Å². The molecule has 1 rings (SSSR count). The highest BCUT2D eigenvalue weighted by Crippen LogP contribution is 2.10. The normalized spacial score (nSPS) is 13.8. The molecule has 0 spiro atoms. The van der Waals surface area contributed by atoms with Crippen molar-refractivity contribution >= 4 is 17.7 Å². The molecule has 4 heteroatoms. The van der Waals surface area contributed by atoms with E-state index in [1.807, 2.05) is 24.5 Å². The summed E-state index contributed by atoms with van der Waals surface area (Å²) in [5.74, 6) is 0.861. The Hall–Kier alpha value is -1.00. The van der Waals surface area contributed by atoms with E-state index in [9.17, 15) is 4.79 Å². The van der Waals surface area contributed by atoms with Gasteiger partial charge in [0, 0.05) is 6.54 Å². The van der Waals surface area contributed by atoms with E-state index in [0.717, 1.165) is 18.6 Å². The number of thioether (sulfide) groups is 1. The van der Waals surface area contributed by atoms with Gasteiger partial charge < -0.3 is 11.1 Å². The number of amides is 1. The Morgan fingerprint density at radius 3 is 2.68 bits per heavy atom. The van der Waals surface area contributed by atoms with Crippen LogP contribution in [0.5, 0.6) is 0 Å². The van der Waals surface area contributed by atoms with Crippen LogP contribution in [-0.2, 0) is 11.2 Å². The molecule has 0 aliphatic heterocycles. The van der Waals surface area contributed by atoms with Gasteiger partial charge in [0.2, 0.25) is 5.91 Å². The second-order valence-corrected chi connectivity index (χ2v) is 5.99. The first-order valence-corrected chi connectivity index (χ1v) is 8.05. The van der Waals surface area contributed by atoms with Crippen molar-refractivity contribution in [3.8, 4) is 0 Å². The molecule has 3 nitrogen and oxygen atoms in total. The van der Waals surface area contributed by atoms with Crippen molar-refractivity contribution in [3.63, 3.8) is 0 Å². The van der Waals surface area contributed by atoms with Gasteiger partial charge in [-0.3, -0.25) is 4.79 Å². The summed E-state index contributed by atoms with van der Waals surface area (Å²) in [6.45, 7) is 2.48. The number of benzene rings is 1. The summed E-state index contributed by atoms with van der Waals surface area (Å²) in [7, 11) is 0. The molecule has 0 radical (unpaired) electrons. The molecule has 0 bridgehead atoms. The smallest absolute Gasteiger partial charge is 0.239 e. The third-order valence-corrected chi connectivity index (χ3v) is 3.73. The Bertz CT molecular complexity index is 379. The second-order valence-electron chi connectivity index (χ2n) is 5.01. The number of carbonyl (C=O) groups excluding carboxylic acids is 1. The van der Waals surface area contributed by atoms with Gasteiger partial charge in [0.05, 0.1) is 5.54 Å². The van der Waals surface area contributed by atoms with Gasteiger partial charge in [-0.1, -0.05) is 30.3 Å². The lowest BCUT2D eigenvalue weighted by atomic mass is 9.99. The standard InChI is InChI=1S/C15H24N2OS/c1-15(16,10-12-19-2)14(18)17-11-6-9-13-7-4-3-5-8-13/h3-5,7-8H,6,9-12,16H2,1-2H3,(H,17,18)/t15-/m1/s1. The maximum atomic E-state index is 11.9. The molecule has 0 saturated heterocycles. The number of hydrogen-bond donors (Lipinski definition) is 2. The number of hydrogen-bond acceptors (Lipinski definition) is 3. The van der Waals surface area contributed by atoms with Crippen molar-refractivity contribution in [1.82, 2.24) is 5.32 Å². The lowest BCUT2D eigenvalue weighted by Crippen LogP contribution is -2.52. The van der Waals surface area contributed by atoms with E-state index in [4.69, 9.17) is 5.73 Å². The van der Waals surface area contributed by atoms with E-state index in [1.54, 1.807) is 18.7 Å². The van der Waals surface area contributed by atoms with Crippen LogP contribution in [0.25, 0.3) is 0 Å². The van der Waals surface area contributed by atoms with Crippen LogP contribution in [0.4, 0.5) is 0 Å². The maximum Gasteiger partial charge on any atom is 0.239 e. The lowest BCUT2D eigenvalue weighted by Gasteiger charge is -2.23. The molecule has 0 heterocycles. The quantitative estimate of drug-likeness (QED) is 0.718. The molecule has 0 saturated carbocycles. The van der Waals surface area contributed by atoms with Crippen LogP contribution in [0.3, 0.4) is 0 Å². The van der Waals surface area contributed by atoms with Crippen molar-refractivity contribution in [1.29, 1.82) is 0 Å². The molecule has 0 unspecified atom stereocenters. The molecule has 0 aromatic heterocycles. The average molecular weight is 280 g/mol. The molecule has 1 atom stereocenters. The maximum absolute atomic E-state index is 11.9. The predicted octanol–water partition coefficient (Wildman–Crippen LogP) is 2.21. The summed E-state index contributed by atoms with van der Waals surface area (Å²) in [4.78, 5) is 11.9. The Labute approximate surface area is 120 Å². The van der Waals surface area contributed by atoms with Gasteiger partial charge in [0.25, 0.3) is 0 Å². The van der Waals surface area contributed by atoms with Gasteiger partial charge in [-0.05, 0) is 43.8 Å². The van der Waals surface area contributed by atoms with Crippen molar-refractivity contribution in [2.75, 3.05) is 18.6 Å². The summed E-state index contributed by atoms with van der Waals surface area (Å²) in [5.41, 5.74) is 6.56. The van der Waals surface area contributed by atoms with E-state index < -0.39 is 5.54 Å². The molecule has 0 fully saturated rings. The van der Waals surface area contributed by atoms with Crippen LogP contribution in [-0.4, -0.2) is 30.0 Å². The summed E-state index contributed by atoms with van der Waals surface area (Å²) in [6, 6.07) is 10.3. The minimum absolute atomic E-state index is 0.0467. The number of nitrogens with two attached hydrogens (primary N) is 1. The Balaban J connectivity index is 2.23. The zero-order valence-corrected chi connectivity index (χ0v) is 12.6. The fourth-order valence-electron chi connectivity index (χ4n) is 1.77. The summed E-state index contributed by atoms with van der Waals surface area (Å²) >= 11 is 1.71. The summed E-state index contributed by atoms with van der Waals surface area (Å²) in [5, 5.41) is 2.93. The fourth-order valence-corrected chi connectivity index (χ4v) is 2.40. The highest BCUT2D eigenvalue weighted by molar-refractivity contribution is 7.98. The molecule has 1 aromatic carbocycles. The first-order valence-electron chi connectivity index (χ1n) is 6.66. The molecule has 1 amide bonds. The van der Waals surface area contributed by atoms with Crippen molar-refractivity contribution in [2.45, 2.75) is 31.7 Å². The first kappa shape index (κ1) is 16.1. The van der Waals surface area contributed by atoms with Crippen LogP contribution in [0.1, 0.15) is 25.3 Å². The largest absolute Gasteiger partial charge is 0.355 e. The van der Waals surface area contributed by atoms with Crippen molar-refractivity contribution in [2.24, 2.45) is 5.73 Å². The summed E-state index contributed by atoms with van der Waals surface area (Å²) in [6.07, 6.45) is 4.65. The topological polar surface area (TPSA) is 55.1 Å². The Morgan fingerprint density at radius 1 is 1.37 bits per heavy atom. The molecule has 0 aliphatic carbocycles. The highest BCUT2D eigenvalue weighted by atomic mass is 32.2. The van der Waals surface area contributed by atoms with Gasteiger partial charge >= 0.3 is 0 Å². The van der Waals surface area contributed by atoms with Crippen LogP contribution < -0.4 is 11.1 Å².